The Morgan fingerprint density at radius 1 is 1.07 bits per heavy atom. The van der Waals surface area contributed by atoms with Crippen LogP contribution in [-0.4, -0.2) is 66.1 Å². The number of hydrogen-bond acceptors (Lipinski definition) is 4. The minimum Gasteiger partial charge on any atom is -0.406 e. The third kappa shape index (κ3) is 6.34. The van der Waals surface area contributed by atoms with Gasteiger partial charge in [-0.1, -0.05) is 31.4 Å². The largest absolute Gasteiger partial charge is 0.573 e. The van der Waals surface area contributed by atoms with Gasteiger partial charge >= 0.3 is 6.36 Å². The van der Waals surface area contributed by atoms with Crippen LogP contribution in [0.5, 0.6) is 5.75 Å². The SMILES string of the molecule is CC(C)(CO)N1CCN(CC(c2cccc(OC(F)(F)F)c2)C2CCCCC2)CC1. The van der Waals surface area contributed by atoms with Gasteiger partial charge in [0.05, 0.1) is 6.61 Å². The number of rotatable bonds is 7. The van der Waals surface area contributed by atoms with E-state index in [1.807, 2.05) is 6.07 Å². The Morgan fingerprint density at radius 2 is 1.73 bits per heavy atom. The summed E-state index contributed by atoms with van der Waals surface area (Å²) in [5.74, 6) is 0.571. The average molecular weight is 429 g/mol. The van der Waals surface area contributed by atoms with Gasteiger partial charge in [0.2, 0.25) is 0 Å². The second kappa shape index (κ2) is 9.88. The molecule has 0 bridgehead atoms. The predicted molar refractivity (Wildman–Crippen MR) is 112 cm³/mol. The van der Waals surface area contributed by atoms with Gasteiger partial charge in [-0.3, -0.25) is 4.90 Å². The van der Waals surface area contributed by atoms with Gasteiger partial charge in [-0.15, -0.1) is 13.2 Å². The summed E-state index contributed by atoms with van der Waals surface area (Å²) in [6.07, 6.45) is 1.22. The lowest BCUT2D eigenvalue weighted by Crippen LogP contribution is -2.56. The Kier molecular flexibility index (Phi) is 7.69. The third-order valence-electron chi connectivity index (χ3n) is 6.81. The summed E-state index contributed by atoms with van der Waals surface area (Å²) < 4.78 is 42.3. The predicted octanol–water partition coefficient (Wildman–Crippen LogP) is 4.64. The normalized spacial score (nSPS) is 21.5. The van der Waals surface area contributed by atoms with E-state index in [0.717, 1.165) is 51.1 Å². The molecule has 7 heteroatoms. The summed E-state index contributed by atoms with van der Waals surface area (Å²) in [5.41, 5.74) is 0.722. The zero-order chi connectivity index (χ0) is 21.8. The molecule has 1 heterocycles. The zero-order valence-electron chi connectivity index (χ0n) is 18.1. The first-order valence-corrected chi connectivity index (χ1v) is 11.1. The quantitative estimate of drug-likeness (QED) is 0.687. The molecular weight excluding hydrogens is 393 g/mol. The molecule has 0 spiro atoms. The molecule has 1 aromatic rings. The molecule has 2 fully saturated rings. The molecule has 1 atom stereocenters. The van der Waals surface area contributed by atoms with Crippen molar-refractivity contribution >= 4 is 0 Å². The maximum atomic E-state index is 12.7. The van der Waals surface area contributed by atoms with E-state index in [2.05, 4.69) is 28.4 Å². The minimum atomic E-state index is -4.67. The first kappa shape index (κ1) is 23.4. The third-order valence-corrected chi connectivity index (χ3v) is 6.81. The molecule has 1 saturated heterocycles. The fourth-order valence-corrected chi connectivity index (χ4v) is 4.92. The molecule has 1 saturated carbocycles. The summed E-state index contributed by atoms with van der Waals surface area (Å²) in [4.78, 5) is 4.75. The lowest BCUT2D eigenvalue weighted by Gasteiger charge is -2.44. The van der Waals surface area contributed by atoms with Crippen molar-refractivity contribution in [3.63, 3.8) is 0 Å². The van der Waals surface area contributed by atoms with Crippen LogP contribution < -0.4 is 4.74 Å². The first-order chi connectivity index (χ1) is 14.2. The number of benzene rings is 1. The van der Waals surface area contributed by atoms with Gasteiger partial charge in [-0.05, 0) is 56.2 Å². The lowest BCUT2D eigenvalue weighted by atomic mass is 9.76. The Balaban J connectivity index is 1.72. The molecule has 170 valence electrons. The van der Waals surface area contributed by atoms with Crippen molar-refractivity contribution in [2.45, 2.75) is 63.8 Å². The average Bonchev–Trinajstić information content (AvgIpc) is 2.72. The van der Waals surface area contributed by atoms with E-state index >= 15 is 0 Å². The molecule has 4 nitrogen and oxygen atoms in total. The standard InChI is InChI=1S/C23H35F3N2O2/c1-22(2,17-29)28-13-11-27(12-14-28)16-21(18-7-4-3-5-8-18)19-9-6-10-20(15-19)30-23(24,25)26/h6,9-10,15,18,21,29H,3-5,7-8,11-14,16-17H2,1-2H3. The molecule has 1 aliphatic carbocycles. The van der Waals surface area contributed by atoms with E-state index in [9.17, 15) is 18.3 Å². The molecule has 30 heavy (non-hydrogen) atoms. The van der Waals surface area contributed by atoms with Crippen LogP contribution in [0.3, 0.4) is 0 Å². The molecule has 0 aromatic heterocycles. The van der Waals surface area contributed by atoms with Crippen molar-refractivity contribution < 1.29 is 23.0 Å². The molecule has 1 unspecified atom stereocenters. The molecular formula is C23H35F3N2O2. The van der Waals surface area contributed by atoms with E-state index in [0.29, 0.717) is 5.92 Å². The van der Waals surface area contributed by atoms with E-state index in [4.69, 9.17) is 0 Å². The van der Waals surface area contributed by atoms with Crippen LogP contribution in [0.25, 0.3) is 0 Å². The van der Waals surface area contributed by atoms with E-state index < -0.39 is 6.36 Å². The molecule has 1 aliphatic heterocycles. The van der Waals surface area contributed by atoms with Crippen LogP contribution in [0.4, 0.5) is 13.2 Å². The number of piperazine rings is 1. The molecule has 3 rings (SSSR count). The lowest BCUT2D eigenvalue weighted by molar-refractivity contribution is -0.274. The van der Waals surface area contributed by atoms with Gasteiger partial charge in [0.15, 0.2) is 0 Å². The van der Waals surface area contributed by atoms with Crippen molar-refractivity contribution in [2.24, 2.45) is 5.92 Å². The topological polar surface area (TPSA) is 35.9 Å². The fraction of sp³-hybridized carbons (Fsp3) is 0.739. The number of nitrogens with zero attached hydrogens (tertiary/aromatic N) is 2. The number of ether oxygens (including phenoxy) is 1. The summed E-state index contributed by atoms with van der Waals surface area (Å²) in [7, 11) is 0. The van der Waals surface area contributed by atoms with Crippen molar-refractivity contribution in [1.82, 2.24) is 9.80 Å². The second-order valence-electron chi connectivity index (χ2n) is 9.38. The van der Waals surface area contributed by atoms with Crippen LogP contribution in [0.15, 0.2) is 24.3 Å². The Morgan fingerprint density at radius 3 is 2.33 bits per heavy atom. The van der Waals surface area contributed by atoms with Crippen LogP contribution >= 0.6 is 0 Å². The Labute approximate surface area is 178 Å². The van der Waals surface area contributed by atoms with Crippen LogP contribution in [-0.2, 0) is 0 Å². The number of aliphatic hydroxyl groups is 1. The molecule has 0 amide bonds. The van der Waals surface area contributed by atoms with Crippen LogP contribution in [0.1, 0.15) is 57.4 Å². The van der Waals surface area contributed by atoms with E-state index in [-0.39, 0.29) is 23.8 Å². The van der Waals surface area contributed by atoms with E-state index in [1.54, 1.807) is 12.1 Å². The van der Waals surface area contributed by atoms with Gasteiger partial charge in [0.1, 0.15) is 5.75 Å². The van der Waals surface area contributed by atoms with Crippen molar-refractivity contribution in [2.75, 3.05) is 39.3 Å². The molecule has 1 N–H and O–H groups in total. The molecule has 1 aromatic carbocycles. The Bertz CT molecular complexity index is 667. The highest BCUT2D eigenvalue weighted by molar-refractivity contribution is 5.32. The Hall–Kier alpha value is -1.31. The molecule has 0 radical (unpaired) electrons. The van der Waals surface area contributed by atoms with Crippen LogP contribution in [0.2, 0.25) is 0 Å². The second-order valence-corrected chi connectivity index (χ2v) is 9.38. The zero-order valence-corrected chi connectivity index (χ0v) is 18.1. The van der Waals surface area contributed by atoms with Crippen molar-refractivity contribution in [3.05, 3.63) is 29.8 Å². The van der Waals surface area contributed by atoms with Crippen LogP contribution in [0, 0.1) is 5.92 Å². The van der Waals surface area contributed by atoms with Gasteiger partial charge in [-0.2, -0.15) is 0 Å². The monoisotopic (exact) mass is 428 g/mol. The first-order valence-electron chi connectivity index (χ1n) is 11.1. The highest BCUT2D eigenvalue weighted by atomic mass is 19.4. The molecule has 2 aliphatic rings. The van der Waals surface area contributed by atoms with E-state index in [1.165, 1.54) is 25.3 Å². The fourth-order valence-electron chi connectivity index (χ4n) is 4.92. The maximum absolute atomic E-state index is 12.7. The summed E-state index contributed by atoms with van der Waals surface area (Å²) in [6, 6.07) is 6.59. The number of halogens is 3. The number of alkyl halides is 3. The highest BCUT2D eigenvalue weighted by Gasteiger charge is 2.34. The summed E-state index contributed by atoms with van der Waals surface area (Å²) in [6.45, 7) is 8.69. The van der Waals surface area contributed by atoms with Gasteiger partial charge in [0, 0.05) is 38.3 Å². The van der Waals surface area contributed by atoms with Gasteiger partial charge < -0.3 is 14.7 Å². The van der Waals surface area contributed by atoms with Crippen molar-refractivity contribution in [3.8, 4) is 5.75 Å². The number of aliphatic hydroxyl groups excluding tert-OH is 1. The smallest absolute Gasteiger partial charge is 0.406 e. The minimum absolute atomic E-state index is 0.129. The van der Waals surface area contributed by atoms with Crippen molar-refractivity contribution in [1.29, 1.82) is 0 Å². The highest BCUT2D eigenvalue weighted by Crippen LogP contribution is 2.38. The summed E-state index contributed by atoms with van der Waals surface area (Å²) >= 11 is 0. The van der Waals surface area contributed by atoms with Gasteiger partial charge in [-0.25, -0.2) is 0 Å². The maximum Gasteiger partial charge on any atom is 0.573 e. The number of hydrogen-bond donors (Lipinski definition) is 1. The van der Waals surface area contributed by atoms with Gasteiger partial charge in [0.25, 0.3) is 0 Å². The summed E-state index contributed by atoms with van der Waals surface area (Å²) in [5, 5.41) is 9.64.